The summed E-state index contributed by atoms with van der Waals surface area (Å²) in [4.78, 5) is 0. The van der Waals surface area contributed by atoms with Gasteiger partial charge < -0.3 is 19.3 Å². The van der Waals surface area contributed by atoms with Crippen LogP contribution in [0.5, 0.6) is 0 Å². The van der Waals surface area contributed by atoms with E-state index in [1.165, 1.54) is 0 Å². The van der Waals surface area contributed by atoms with Crippen molar-refractivity contribution < 1.29 is 10.2 Å². The number of nitrogens with zero attached hydrogens (tertiary/aromatic N) is 2. The third kappa shape index (κ3) is 2.30. The van der Waals surface area contributed by atoms with E-state index in [2.05, 4.69) is 0 Å². The lowest BCUT2D eigenvalue weighted by molar-refractivity contribution is 0.0672. The minimum atomic E-state index is -1.59. The normalized spacial score (nSPS) is 22.6. The first kappa shape index (κ1) is 19.5. The summed E-state index contributed by atoms with van der Waals surface area (Å²) >= 11 is 13.4. The molecule has 0 bridgehead atoms. The molecule has 1 aliphatic carbocycles. The number of benzene rings is 2. The zero-order valence-electron chi connectivity index (χ0n) is 16.5. The fourth-order valence-electron chi connectivity index (χ4n) is 4.86. The van der Waals surface area contributed by atoms with E-state index in [1.807, 2.05) is 59.9 Å². The van der Waals surface area contributed by atoms with Gasteiger partial charge in [0.2, 0.25) is 0 Å². The number of aliphatic hydroxyl groups is 2. The predicted octanol–water partition coefficient (Wildman–Crippen LogP) is 4.55. The number of rotatable bonds is 2. The Morgan fingerprint density at radius 3 is 1.37 bits per heavy atom. The van der Waals surface area contributed by atoms with Crippen molar-refractivity contribution in [1.82, 2.24) is 9.13 Å². The minimum absolute atomic E-state index is 0.370. The average molecular weight is 439 g/mol. The Morgan fingerprint density at radius 2 is 1.03 bits per heavy atom. The van der Waals surface area contributed by atoms with Crippen molar-refractivity contribution in [1.29, 1.82) is 0 Å². The molecule has 0 fully saturated rings. The summed E-state index contributed by atoms with van der Waals surface area (Å²) in [6, 6.07) is 18.1. The van der Waals surface area contributed by atoms with Crippen molar-refractivity contribution in [3.8, 4) is 0 Å². The molecule has 1 aliphatic rings. The topological polar surface area (TPSA) is 50.3 Å². The van der Waals surface area contributed by atoms with E-state index in [4.69, 9.17) is 23.2 Å². The molecular formula is C24H20Cl2N2O2. The molecule has 152 valence electrons. The number of aryl methyl sites for hydroxylation is 2. The largest absolute Gasteiger partial charge is 0.374 e. The van der Waals surface area contributed by atoms with Gasteiger partial charge in [-0.1, -0.05) is 47.5 Å². The van der Waals surface area contributed by atoms with Crippen molar-refractivity contribution in [2.45, 2.75) is 11.2 Å². The quantitative estimate of drug-likeness (QED) is 0.482. The van der Waals surface area contributed by atoms with Crippen LogP contribution in [0.25, 0.3) is 0 Å². The van der Waals surface area contributed by atoms with Gasteiger partial charge in [-0.25, -0.2) is 0 Å². The minimum Gasteiger partial charge on any atom is -0.374 e. The second-order valence-corrected chi connectivity index (χ2v) is 8.57. The maximum Gasteiger partial charge on any atom is 0.157 e. The van der Waals surface area contributed by atoms with Gasteiger partial charge in [-0.15, -0.1) is 0 Å². The Morgan fingerprint density at radius 1 is 0.633 bits per heavy atom. The number of aromatic nitrogens is 2. The number of hydrogen-bond acceptors (Lipinski definition) is 2. The SMILES string of the molecule is Cn1cccc1[C@@]1(O)c2cccc(Cl)c2[C@](O)(c2cccn2C)c2cccc(Cl)c21. The fourth-order valence-corrected chi connectivity index (χ4v) is 5.48. The molecule has 0 saturated carbocycles. The van der Waals surface area contributed by atoms with Crippen LogP contribution in [-0.4, -0.2) is 19.3 Å². The van der Waals surface area contributed by atoms with Crippen molar-refractivity contribution in [2.24, 2.45) is 14.1 Å². The van der Waals surface area contributed by atoms with Crippen LogP contribution in [0.4, 0.5) is 0 Å². The monoisotopic (exact) mass is 438 g/mol. The second kappa shape index (κ2) is 6.50. The lowest BCUT2D eigenvalue weighted by atomic mass is 9.65. The third-order valence-electron chi connectivity index (χ3n) is 6.16. The highest BCUT2D eigenvalue weighted by Crippen LogP contribution is 2.56. The summed E-state index contributed by atoms with van der Waals surface area (Å²) in [6.07, 6.45) is 3.73. The van der Waals surface area contributed by atoms with Crippen LogP contribution < -0.4 is 0 Å². The summed E-state index contributed by atoms with van der Waals surface area (Å²) in [6.45, 7) is 0. The van der Waals surface area contributed by atoms with Gasteiger partial charge in [0.1, 0.15) is 0 Å². The number of halogens is 2. The maximum absolute atomic E-state index is 12.3. The van der Waals surface area contributed by atoms with Crippen LogP contribution in [0.1, 0.15) is 33.6 Å². The van der Waals surface area contributed by atoms with Gasteiger partial charge in [0.25, 0.3) is 0 Å². The molecule has 0 unspecified atom stereocenters. The molecule has 30 heavy (non-hydrogen) atoms. The van der Waals surface area contributed by atoms with Gasteiger partial charge in [0.05, 0.1) is 11.4 Å². The van der Waals surface area contributed by atoms with Crippen molar-refractivity contribution in [3.63, 3.8) is 0 Å². The molecule has 0 aliphatic heterocycles. The van der Waals surface area contributed by atoms with Gasteiger partial charge in [0.15, 0.2) is 11.2 Å². The van der Waals surface area contributed by atoms with E-state index in [-0.39, 0.29) is 0 Å². The Kier molecular flexibility index (Phi) is 4.21. The van der Waals surface area contributed by atoms with E-state index in [0.29, 0.717) is 43.7 Å². The molecule has 0 amide bonds. The van der Waals surface area contributed by atoms with Crippen LogP contribution in [0.15, 0.2) is 73.1 Å². The van der Waals surface area contributed by atoms with E-state index < -0.39 is 11.2 Å². The molecule has 6 heteroatoms. The molecule has 2 aromatic carbocycles. The third-order valence-corrected chi connectivity index (χ3v) is 6.79. The fraction of sp³-hybridized carbons (Fsp3) is 0.167. The second-order valence-electron chi connectivity index (χ2n) is 7.75. The average Bonchev–Trinajstić information content (AvgIpc) is 3.34. The maximum atomic E-state index is 12.3. The molecular weight excluding hydrogens is 419 g/mol. The zero-order valence-corrected chi connectivity index (χ0v) is 18.0. The highest BCUT2D eigenvalue weighted by Gasteiger charge is 2.54. The summed E-state index contributed by atoms with van der Waals surface area (Å²) in [5.41, 5.74) is -0.0164. The van der Waals surface area contributed by atoms with Gasteiger partial charge in [-0.2, -0.15) is 0 Å². The summed E-state index contributed by atoms with van der Waals surface area (Å²) in [7, 11) is 3.73. The first-order valence-corrected chi connectivity index (χ1v) is 10.3. The Bertz CT molecular complexity index is 1190. The summed E-state index contributed by atoms with van der Waals surface area (Å²) < 4.78 is 3.70. The van der Waals surface area contributed by atoms with Crippen LogP contribution in [0, 0.1) is 0 Å². The van der Waals surface area contributed by atoms with Crippen molar-refractivity contribution >= 4 is 23.2 Å². The van der Waals surface area contributed by atoms with E-state index in [9.17, 15) is 10.2 Å². The highest BCUT2D eigenvalue weighted by molar-refractivity contribution is 6.32. The molecule has 4 nitrogen and oxygen atoms in total. The van der Waals surface area contributed by atoms with E-state index in [0.717, 1.165) is 0 Å². The van der Waals surface area contributed by atoms with Crippen LogP contribution in [-0.2, 0) is 25.3 Å². The van der Waals surface area contributed by atoms with Crippen LogP contribution >= 0.6 is 23.2 Å². The number of hydrogen-bond donors (Lipinski definition) is 2. The van der Waals surface area contributed by atoms with E-state index in [1.54, 1.807) is 36.4 Å². The van der Waals surface area contributed by atoms with Crippen molar-refractivity contribution in [3.05, 3.63) is 117 Å². The van der Waals surface area contributed by atoms with Crippen LogP contribution in [0.3, 0.4) is 0 Å². The van der Waals surface area contributed by atoms with Gasteiger partial charge in [-0.05, 0) is 36.4 Å². The zero-order chi connectivity index (χ0) is 21.3. The predicted molar refractivity (Wildman–Crippen MR) is 118 cm³/mol. The lowest BCUT2D eigenvalue weighted by Crippen LogP contribution is -2.46. The molecule has 2 N–H and O–H groups in total. The molecule has 0 saturated heterocycles. The first-order valence-electron chi connectivity index (χ1n) is 9.58. The van der Waals surface area contributed by atoms with Crippen molar-refractivity contribution in [2.75, 3.05) is 0 Å². The smallest absolute Gasteiger partial charge is 0.157 e. The summed E-state index contributed by atoms with van der Waals surface area (Å²) in [5, 5.41) is 25.4. The molecule has 2 atom stereocenters. The Balaban J connectivity index is 2.01. The van der Waals surface area contributed by atoms with Gasteiger partial charge in [0, 0.05) is 58.8 Å². The lowest BCUT2D eigenvalue weighted by Gasteiger charge is -2.45. The standard InChI is InChI=1S/C24H20Cl2N2O2/c1-27-13-5-11-19(27)23(29)15-7-3-10-18(26)22(15)24(30,20-12-6-14-28(20)2)16-8-4-9-17(25)21(16)23/h3-14,29-30H,1-2H3/t23-,24+. The van der Waals surface area contributed by atoms with Gasteiger partial charge >= 0.3 is 0 Å². The molecule has 0 spiro atoms. The summed E-state index contributed by atoms with van der Waals surface area (Å²) in [5.74, 6) is 0. The Labute approximate surface area is 184 Å². The molecule has 2 aromatic heterocycles. The molecule has 0 radical (unpaired) electrons. The molecule has 2 heterocycles. The van der Waals surface area contributed by atoms with Crippen LogP contribution in [0.2, 0.25) is 10.0 Å². The van der Waals surface area contributed by atoms with E-state index >= 15 is 0 Å². The first-order chi connectivity index (χ1) is 14.3. The number of fused-ring (bicyclic) bond motifs is 2. The Hall–Kier alpha value is -2.50. The van der Waals surface area contributed by atoms with Gasteiger partial charge in [-0.3, -0.25) is 0 Å². The molecule has 4 aromatic rings. The molecule has 5 rings (SSSR count). The highest BCUT2D eigenvalue weighted by atomic mass is 35.5.